The van der Waals surface area contributed by atoms with Gasteiger partial charge in [-0.2, -0.15) is 5.10 Å². The van der Waals surface area contributed by atoms with Crippen molar-refractivity contribution in [3.8, 4) is 5.69 Å². The number of nitrogens with zero attached hydrogens (tertiary/aromatic N) is 4. The first kappa shape index (κ1) is 9.92. The maximum Gasteiger partial charge on any atom is 0.0908 e. The molecule has 84 valence electrons. The summed E-state index contributed by atoms with van der Waals surface area (Å²) in [4.78, 5) is 8.45. The van der Waals surface area contributed by atoms with Gasteiger partial charge in [0.25, 0.3) is 0 Å². The van der Waals surface area contributed by atoms with Crippen molar-refractivity contribution in [2.45, 2.75) is 6.61 Å². The summed E-state index contributed by atoms with van der Waals surface area (Å²) in [6.45, 7) is -0.0552. The van der Waals surface area contributed by atoms with E-state index < -0.39 is 0 Å². The van der Waals surface area contributed by atoms with Gasteiger partial charge in [0.15, 0.2) is 0 Å². The lowest BCUT2D eigenvalue weighted by atomic mass is 10.2. The molecular formula is C12H10N4O. The molecule has 1 aromatic carbocycles. The molecule has 2 aromatic heterocycles. The summed E-state index contributed by atoms with van der Waals surface area (Å²) in [5, 5.41) is 13.2. The van der Waals surface area contributed by atoms with E-state index in [2.05, 4.69) is 15.1 Å². The van der Waals surface area contributed by atoms with Crippen molar-refractivity contribution in [1.29, 1.82) is 0 Å². The van der Waals surface area contributed by atoms with Crippen LogP contribution < -0.4 is 0 Å². The van der Waals surface area contributed by atoms with Crippen LogP contribution in [0.4, 0.5) is 0 Å². The molecule has 2 heterocycles. The predicted molar refractivity (Wildman–Crippen MR) is 62.6 cm³/mol. The molecule has 0 saturated carbocycles. The van der Waals surface area contributed by atoms with E-state index in [4.69, 9.17) is 5.11 Å². The highest BCUT2D eigenvalue weighted by Crippen LogP contribution is 2.14. The van der Waals surface area contributed by atoms with E-state index >= 15 is 0 Å². The number of aliphatic hydroxyl groups is 1. The molecule has 0 fully saturated rings. The van der Waals surface area contributed by atoms with Crippen LogP contribution in [-0.4, -0.2) is 24.9 Å². The average Bonchev–Trinajstić information content (AvgIpc) is 2.87. The molecule has 0 unspecified atom stereocenters. The number of hydrogen-bond acceptors (Lipinski definition) is 4. The van der Waals surface area contributed by atoms with E-state index in [1.165, 1.54) is 0 Å². The highest BCUT2D eigenvalue weighted by Gasteiger charge is 2.02. The van der Waals surface area contributed by atoms with Crippen LogP contribution in [0, 0.1) is 0 Å². The van der Waals surface area contributed by atoms with Crippen molar-refractivity contribution in [2.24, 2.45) is 0 Å². The van der Waals surface area contributed by atoms with Crippen LogP contribution in [-0.2, 0) is 6.61 Å². The third-order valence-corrected chi connectivity index (χ3v) is 2.52. The first-order valence-electron chi connectivity index (χ1n) is 5.23. The number of aliphatic hydroxyl groups excluding tert-OH is 1. The third-order valence-electron chi connectivity index (χ3n) is 2.52. The van der Waals surface area contributed by atoms with Crippen LogP contribution >= 0.6 is 0 Å². The molecule has 3 rings (SSSR count). The molecule has 0 aliphatic rings. The Morgan fingerprint density at radius 2 is 1.88 bits per heavy atom. The summed E-state index contributed by atoms with van der Waals surface area (Å²) >= 11 is 0. The zero-order valence-corrected chi connectivity index (χ0v) is 8.98. The minimum absolute atomic E-state index is 0.0552. The number of hydrogen-bond donors (Lipinski definition) is 1. The molecule has 0 aliphatic heterocycles. The van der Waals surface area contributed by atoms with E-state index in [0.29, 0.717) is 5.69 Å². The number of rotatable bonds is 2. The lowest BCUT2D eigenvalue weighted by molar-refractivity contribution is 0.276. The van der Waals surface area contributed by atoms with Crippen LogP contribution in [0.5, 0.6) is 0 Å². The van der Waals surface area contributed by atoms with Crippen molar-refractivity contribution >= 4 is 11.0 Å². The highest BCUT2D eigenvalue weighted by atomic mass is 16.3. The SMILES string of the molecule is OCc1ccn(-c2ccc3nccnc3c2)n1. The first-order chi connectivity index (χ1) is 8.36. The second kappa shape index (κ2) is 3.95. The first-order valence-corrected chi connectivity index (χ1v) is 5.23. The van der Waals surface area contributed by atoms with Crippen molar-refractivity contribution in [3.05, 3.63) is 48.5 Å². The number of fused-ring (bicyclic) bond motifs is 1. The van der Waals surface area contributed by atoms with Gasteiger partial charge >= 0.3 is 0 Å². The summed E-state index contributed by atoms with van der Waals surface area (Å²) < 4.78 is 1.71. The predicted octanol–water partition coefficient (Wildman–Crippen LogP) is 1.31. The molecule has 3 aromatic rings. The largest absolute Gasteiger partial charge is 0.390 e. The fraction of sp³-hybridized carbons (Fsp3) is 0.0833. The molecule has 0 bridgehead atoms. The summed E-state index contributed by atoms with van der Waals surface area (Å²) in [7, 11) is 0. The summed E-state index contributed by atoms with van der Waals surface area (Å²) in [5.74, 6) is 0. The topological polar surface area (TPSA) is 63.8 Å². The Balaban J connectivity index is 2.11. The molecule has 5 heteroatoms. The Labute approximate surface area is 97.4 Å². The quantitative estimate of drug-likeness (QED) is 0.715. The Bertz CT molecular complexity index is 662. The fourth-order valence-electron chi connectivity index (χ4n) is 1.68. The average molecular weight is 226 g/mol. The second-order valence-corrected chi connectivity index (χ2v) is 3.64. The number of benzene rings is 1. The van der Waals surface area contributed by atoms with Gasteiger partial charge < -0.3 is 5.11 Å². The van der Waals surface area contributed by atoms with Gasteiger partial charge in [0, 0.05) is 18.6 Å². The van der Waals surface area contributed by atoms with Crippen molar-refractivity contribution in [2.75, 3.05) is 0 Å². The van der Waals surface area contributed by atoms with Gasteiger partial charge in [0.1, 0.15) is 0 Å². The van der Waals surface area contributed by atoms with Gasteiger partial charge in [-0.15, -0.1) is 0 Å². The van der Waals surface area contributed by atoms with Crippen molar-refractivity contribution < 1.29 is 5.11 Å². The van der Waals surface area contributed by atoms with Crippen molar-refractivity contribution in [3.63, 3.8) is 0 Å². The lowest BCUT2D eigenvalue weighted by Gasteiger charge is -2.02. The molecule has 0 radical (unpaired) electrons. The minimum Gasteiger partial charge on any atom is -0.390 e. The van der Waals surface area contributed by atoms with E-state index in [9.17, 15) is 0 Å². The standard InChI is InChI=1S/C12H10N4O/c17-8-9-3-6-16(15-9)10-1-2-11-12(7-10)14-5-4-13-11/h1-7,17H,8H2. The molecule has 5 nitrogen and oxygen atoms in total. The van der Waals surface area contributed by atoms with Crippen LogP contribution in [0.15, 0.2) is 42.9 Å². The zero-order valence-electron chi connectivity index (χ0n) is 8.98. The lowest BCUT2D eigenvalue weighted by Crippen LogP contribution is -1.96. The summed E-state index contributed by atoms with van der Waals surface area (Å²) in [6.07, 6.45) is 5.14. The smallest absolute Gasteiger partial charge is 0.0908 e. The second-order valence-electron chi connectivity index (χ2n) is 3.64. The molecule has 0 saturated heterocycles. The molecule has 17 heavy (non-hydrogen) atoms. The number of aromatic nitrogens is 4. The van der Waals surface area contributed by atoms with Gasteiger partial charge in [-0.3, -0.25) is 9.97 Å². The fourth-order valence-corrected chi connectivity index (χ4v) is 1.68. The molecule has 0 aliphatic carbocycles. The normalized spacial score (nSPS) is 10.9. The molecule has 0 amide bonds. The maximum atomic E-state index is 8.97. The van der Waals surface area contributed by atoms with E-state index in [0.717, 1.165) is 16.7 Å². The maximum absolute atomic E-state index is 8.97. The Morgan fingerprint density at radius 3 is 2.65 bits per heavy atom. The Kier molecular flexibility index (Phi) is 2.31. The van der Waals surface area contributed by atoms with Crippen LogP contribution in [0.1, 0.15) is 5.69 Å². The zero-order chi connectivity index (χ0) is 11.7. The van der Waals surface area contributed by atoms with Gasteiger partial charge in [-0.1, -0.05) is 0 Å². The van der Waals surface area contributed by atoms with E-state index in [1.54, 1.807) is 23.1 Å². The summed E-state index contributed by atoms with van der Waals surface area (Å²) in [6, 6.07) is 7.51. The van der Waals surface area contributed by atoms with Gasteiger partial charge in [-0.25, -0.2) is 4.68 Å². The summed E-state index contributed by atoms with van der Waals surface area (Å²) in [5.41, 5.74) is 3.22. The molecule has 0 atom stereocenters. The Morgan fingerprint density at radius 1 is 1.06 bits per heavy atom. The highest BCUT2D eigenvalue weighted by molar-refractivity contribution is 5.76. The van der Waals surface area contributed by atoms with Crippen LogP contribution in [0.25, 0.3) is 16.7 Å². The van der Waals surface area contributed by atoms with Crippen LogP contribution in [0.3, 0.4) is 0 Å². The van der Waals surface area contributed by atoms with Gasteiger partial charge in [-0.05, 0) is 24.3 Å². The van der Waals surface area contributed by atoms with Crippen LogP contribution in [0.2, 0.25) is 0 Å². The van der Waals surface area contributed by atoms with E-state index in [-0.39, 0.29) is 6.61 Å². The Hall–Kier alpha value is -2.27. The third kappa shape index (κ3) is 1.76. The molecule has 1 N–H and O–H groups in total. The molecular weight excluding hydrogens is 216 g/mol. The van der Waals surface area contributed by atoms with Gasteiger partial charge in [0.2, 0.25) is 0 Å². The van der Waals surface area contributed by atoms with E-state index in [1.807, 2.05) is 24.4 Å². The minimum atomic E-state index is -0.0552. The van der Waals surface area contributed by atoms with Gasteiger partial charge in [0.05, 0.1) is 29.0 Å². The van der Waals surface area contributed by atoms with Crippen molar-refractivity contribution in [1.82, 2.24) is 19.7 Å². The monoisotopic (exact) mass is 226 g/mol. The molecule has 0 spiro atoms.